The highest BCUT2D eigenvalue weighted by molar-refractivity contribution is 5.90. The molecule has 2 heterocycles. The Kier molecular flexibility index (Phi) is 4.98. The van der Waals surface area contributed by atoms with Crippen molar-refractivity contribution in [1.29, 1.82) is 0 Å². The van der Waals surface area contributed by atoms with E-state index in [4.69, 9.17) is 0 Å². The van der Waals surface area contributed by atoms with Crippen LogP contribution >= 0.6 is 0 Å². The maximum absolute atomic E-state index is 12.1. The van der Waals surface area contributed by atoms with Crippen molar-refractivity contribution < 1.29 is 4.79 Å². The molecule has 0 aliphatic heterocycles. The minimum Gasteiger partial charge on any atom is -0.310 e. The topological polar surface area (TPSA) is 92.7 Å². The highest BCUT2D eigenvalue weighted by Gasteiger charge is 2.15. The van der Waals surface area contributed by atoms with E-state index in [0.717, 1.165) is 5.69 Å². The van der Waals surface area contributed by atoms with E-state index in [-0.39, 0.29) is 17.4 Å². The van der Waals surface area contributed by atoms with Gasteiger partial charge in [-0.2, -0.15) is 9.78 Å². The standard InChI is InChI=1S/C16H23N5O2/c1-6-12-11(5)17-16(19-15(12)23)21-13(8-10(4)20-21)18-14(22)7-9(2)3/h8-9H,6-7H2,1-5H3,(H,18,22)(H,17,19,23). The van der Waals surface area contributed by atoms with Gasteiger partial charge in [0, 0.05) is 23.7 Å². The largest absolute Gasteiger partial charge is 0.310 e. The maximum Gasteiger partial charge on any atom is 0.255 e. The zero-order chi connectivity index (χ0) is 17.1. The second kappa shape index (κ2) is 6.76. The van der Waals surface area contributed by atoms with Crippen LogP contribution in [0.25, 0.3) is 5.95 Å². The molecule has 7 heteroatoms. The van der Waals surface area contributed by atoms with Gasteiger partial charge in [0.1, 0.15) is 5.82 Å². The van der Waals surface area contributed by atoms with E-state index in [1.807, 2.05) is 27.7 Å². The van der Waals surface area contributed by atoms with Crippen LogP contribution in [0.3, 0.4) is 0 Å². The number of nitrogens with one attached hydrogen (secondary N) is 2. The number of aryl methyl sites for hydroxylation is 2. The minimum absolute atomic E-state index is 0.0922. The molecule has 0 aromatic carbocycles. The Morgan fingerprint density at radius 3 is 2.65 bits per heavy atom. The van der Waals surface area contributed by atoms with E-state index in [9.17, 15) is 9.59 Å². The van der Waals surface area contributed by atoms with Crippen LogP contribution in [0.4, 0.5) is 5.82 Å². The predicted molar refractivity (Wildman–Crippen MR) is 88.9 cm³/mol. The summed E-state index contributed by atoms with van der Waals surface area (Å²) in [6.45, 7) is 9.49. The maximum atomic E-state index is 12.1. The average Bonchev–Trinajstić information content (AvgIpc) is 2.78. The molecule has 0 atom stereocenters. The Hall–Kier alpha value is -2.44. The van der Waals surface area contributed by atoms with Crippen molar-refractivity contribution in [2.45, 2.75) is 47.5 Å². The molecule has 23 heavy (non-hydrogen) atoms. The summed E-state index contributed by atoms with van der Waals surface area (Å²) in [7, 11) is 0. The normalized spacial score (nSPS) is 11.0. The monoisotopic (exact) mass is 317 g/mol. The molecular weight excluding hydrogens is 294 g/mol. The molecule has 2 rings (SSSR count). The zero-order valence-corrected chi connectivity index (χ0v) is 14.2. The average molecular weight is 317 g/mol. The highest BCUT2D eigenvalue weighted by Crippen LogP contribution is 2.15. The van der Waals surface area contributed by atoms with Gasteiger partial charge in [-0.05, 0) is 26.2 Å². The van der Waals surface area contributed by atoms with E-state index in [0.29, 0.717) is 35.9 Å². The van der Waals surface area contributed by atoms with Crippen molar-refractivity contribution in [2.24, 2.45) is 5.92 Å². The molecule has 2 aromatic rings. The van der Waals surface area contributed by atoms with Crippen LogP contribution in [0.5, 0.6) is 0 Å². The van der Waals surface area contributed by atoms with Crippen LogP contribution in [0.2, 0.25) is 0 Å². The summed E-state index contributed by atoms with van der Waals surface area (Å²) in [6.07, 6.45) is 1.03. The summed E-state index contributed by atoms with van der Waals surface area (Å²) in [5, 5.41) is 7.15. The van der Waals surface area contributed by atoms with Crippen molar-refractivity contribution in [3.8, 4) is 5.95 Å². The van der Waals surface area contributed by atoms with Gasteiger partial charge in [0.2, 0.25) is 11.9 Å². The van der Waals surface area contributed by atoms with Gasteiger partial charge in [-0.1, -0.05) is 20.8 Å². The summed E-state index contributed by atoms with van der Waals surface area (Å²) in [5.74, 6) is 0.972. The van der Waals surface area contributed by atoms with E-state index in [1.54, 1.807) is 13.0 Å². The summed E-state index contributed by atoms with van der Waals surface area (Å²) in [6, 6.07) is 1.75. The van der Waals surface area contributed by atoms with Gasteiger partial charge in [-0.15, -0.1) is 0 Å². The summed E-state index contributed by atoms with van der Waals surface area (Å²) < 4.78 is 1.46. The number of hydrogen-bond donors (Lipinski definition) is 2. The molecule has 2 aromatic heterocycles. The van der Waals surface area contributed by atoms with Gasteiger partial charge in [0.25, 0.3) is 5.56 Å². The molecule has 0 spiro atoms. The van der Waals surface area contributed by atoms with E-state index in [2.05, 4.69) is 20.4 Å². The van der Waals surface area contributed by atoms with Crippen molar-refractivity contribution >= 4 is 11.7 Å². The fraction of sp³-hybridized carbons (Fsp3) is 0.500. The van der Waals surface area contributed by atoms with Crippen LogP contribution in [0.1, 0.15) is 44.1 Å². The minimum atomic E-state index is -0.178. The Balaban J connectivity index is 2.41. The Morgan fingerprint density at radius 1 is 1.39 bits per heavy atom. The third kappa shape index (κ3) is 3.85. The number of amides is 1. The lowest BCUT2D eigenvalue weighted by Crippen LogP contribution is -2.22. The number of hydrogen-bond acceptors (Lipinski definition) is 4. The Bertz CT molecular complexity index is 773. The third-order valence-corrected chi connectivity index (χ3v) is 3.46. The number of nitrogens with zero attached hydrogens (tertiary/aromatic N) is 3. The lowest BCUT2D eigenvalue weighted by Gasteiger charge is -2.10. The highest BCUT2D eigenvalue weighted by atomic mass is 16.1. The van der Waals surface area contributed by atoms with Gasteiger partial charge in [0.15, 0.2) is 0 Å². The lowest BCUT2D eigenvalue weighted by atomic mass is 10.1. The first kappa shape index (κ1) is 16.9. The second-order valence-electron chi connectivity index (χ2n) is 6.04. The molecule has 0 bridgehead atoms. The SMILES string of the molecule is CCc1c(C)nc(-n2nc(C)cc2NC(=O)CC(C)C)[nH]c1=O. The number of anilines is 1. The number of aromatic amines is 1. The van der Waals surface area contributed by atoms with Crippen molar-refractivity contribution in [2.75, 3.05) is 5.32 Å². The number of aromatic nitrogens is 4. The first-order valence-electron chi connectivity index (χ1n) is 7.78. The molecule has 0 saturated heterocycles. The van der Waals surface area contributed by atoms with Gasteiger partial charge in [-0.25, -0.2) is 4.98 Å². The Labute approximate surface area is 135 Å². The van der Waals surface area contributed by atoms with Gasteiger partial charge in [-0.3, -0.25) is 14.6 Å². The van der Waals surface area contributed by atoms with Crippen LogP contribution in [-0.2, 0) is 11.2 Å². The number of H-pyrrole nitrogens is 1. The van der Waals surface area contributed by atoms with E-state index in [1.165, 1.54) is 4.68 Å². The first-order valence-corrected chi connectivity index (χ1v) is 7.78. The molecule has 1 amide bonds. The van der Waals surface area contributed by atoms with Gasteiger partial charge < -0.3 is 5.32 Å². The molecule has 0 saturated carbocycles. The van der Waals surface area contributed by atoms with Crippen molar-refractivity contribution in [1.82, 2.24) is 19.7 Å². The fourth-order valence-electron chi connectivity index (χ4n) is 2.43. The van der Waals surface area contributed by atoms with Crippen LogP contribution in [-0.4, -0.2) is 25.7 Å². The third-order valence-electron chi connectivity index (χ3n) is 3.46. The number of rotatable bonds is 5. The second-order valence-corrected chi connectivity index (χ2v) is 6.04. The van der Waals surface area contributed by atoms with Crippen LogP contribution in [0.15, 0.2) is 10.9 Å². The summed E-state index contributed by atoms with van der Waals surface area (Å²) >= 11 is 0. The summed E-state index contributed by atoms with van der Waals surface area (Å²) in [4.78, 5) is 31.3. The Morgan fingerprint density at radius 2 is 2.09 bits per heavy atom. The molecule has 2 N–H and O–H groups in total. The molecule has 0 radical (unpaired) electrons. The summed E-state index contributed by atoms with van der Waals surface area (Å²) in [5.41, 5.74) is 1.87. The quantitative estimate of drug-likeness (QED) is 0.883. The smallest absolute Gasteiger partial charge is 0.255 e. The van der Waals surface area contributed by atoms with Gasteiger partial charge >= 0.3 is 0 Å². The number of carbonyl (C=O) groups is 1. The molecule has 0 aliphatic carbocycles. The lowest BCUT2D eigenvalue weighted by molar-refractivity contribution is -0.116. The first-order chi connectivity index (χ1) is 10.8. The van der Waals surface area contributed by atoms with Gasteiger partial charge in [0.05, 0.1) is 5.69 Å². The van der Waals surface area contributed by atoms with E-state index >= 15 is 0 Å². The van der Waals surface area contributed by atoms with Crippen molar-refractivity contribution in [3.63, 3.8) is 0 Å². The molecular formula is C16H23N5O2. The molecule has 0 aliphatic rings. The van der Waals surface area contributed by atoms with Crippen molar-refractivity contribution in [3.05, 3.63) is 33.4 Å². The van der Waals surface area contributed by atoms with Crippen LogP contribution < -0.4 is 10.9 Å². The predicted octanol–water partition coefficient (Wildman–Crippen LogP) is 2.12. The van der Waals surface area contributed by atoms with E-state index < -0.39 is 0 Å². The molecule has 7 nitrogen and oxygen atoms in total. The molecule has 0 unspecified atom stereocenters. The number of carbonyl (C=O) groups excluding carboxylic acids is 1. The fourth-order valence-corrected chi connectivity index (χ4v) is 2.43. The molecule has 0 fully saturated rings. The van der Waals surface area contributed by atoms with Crippen LogP contribution in [0, 0.1) is 19.8 Å². The molecule has 124 valence electrons. The zero-order valence-electron chi connectivity index (χ0n) is 14.2.